The summed E-state index contributed by atoms with van der Waals surface area (Å²) in [5.74, 6) is -2.12. The number of para-hydroxylation sites is 1. The topological polar surface area (TPSA) is 96.9 Å². The third-order valence-corrected chi connectivity index (χ3v) is 4.90. The Bertz CT molecular complexity index is 1210. The van der Waals surface area contributed by atoms with Gasteiger partial charge in [-0.3, -0.25) is 9.59 Å². The van der Waals surface area contributed by atoms with Crippen LogP contribution in [0.15, 0.2) is 71.8 Å². The van der Waals surface area contributed by atoms with Gasteiger partial charge in [-0.1, -0.05) is 48.0 Å². The average molecular weight is 450 g/mol. The molecule has 0 aliphatic carbocycles. The van der Waals surface area contributed by atoms with E-state index in [1.807, 2.05) is 26.0 Å². The summed E-state index contributed by atoms with van der Waals surface area (Å²) in [7, 11) is 0. The van der Waals surface area contributed by atoms with Crippen LogP contribution in [-0.2, 0) is 9.59 Å². The Labute approximate surface area is 190 Å². The number of hydrogen-bond acceptors (Lipinski definition) is 5. The van der Waals surface area contributed by atoms with E-state index in [4.69, 9.17) is 16.3 Å². The van der Waals surface area contributed by atoms with Crippen LogP contribution in [0.2, 0.25) is 5.02 Å². The molecular weight excluding hydrogens is 430 g/mol. The first-order valence-corrected chi connectivity index (χ1v) is 10.0. The number of rotatable bonds is 5. The number of carbonyl (C=O) groups excluding carboxylic acids is 3. The Morgan fingerprint density at radius 1 is 0.906 bits per heavy atom. The Hall–Kier alpha value is -3.97. The predicted octanol–water partition coefficient (Wildman–Crippen LogP) is 4.26. The third kappa shape index (κ3) is 5.80. The van der Waals surface area contributed by atoms with E-state index in [0.29, 0.717) is 21.8 Å². The molecule has 2 N–H and O–H groups in total. The van der Waals surface area contributed by atoms with Crippen LogP contribution in [0, 0.1) is 13.8 Å². The Balaban J connectivity index is 1.63. The van der Waals surface area contributed by atoms with Crippen LogP contribution >= 0.6 is 11.6 Å². The number of aryl methyl sites for hydroxylation is 2. The lowest BCUT2D eigenvalue weighted by molar-refractivity contribution is -0.136. The molecular formula is C24H20ClN3O4. The maximum Gasteiger partial charge on any atom is 0.343 e. The monoisotopic (exact) mass is 449 g/mol. The Morgan fingerprint density at radius 2 is 1.62 bits per heavy atom. The first kappa shape index (κ1) is 22.7. The molecule has 0 saturated heterocycles. The van der Waals surface area contributed by atoms with E-state index in [1.54, 1.807) is 54.6 Å². The molecule has 2 amide bonds. The normalized spacial score (nSPS) is 10.6. The third-order valence-electron chi connectivity index (χ3n) is 4.49. The van der Waals surface area contributed by atoms with Gasteiger partial charge in [-0.05, 0) is 55.3 Å². The number of ether oxygens (including phenoxy) is 1. The van der Waals surface area contributed by atoms with Crippen LogP contribution in [0.4, 0.5) is 5.69 Å². The number of hydrazone groups is 1. The molecule has 0 heterocycles. The highest BCUT2D eigenvalue weighted by molar-refractivity contribution is 6.39. The molecule has 0 aromatic heterocycles. The fraction of sp³-hybridized carbons (Fsp3) is 0.0833. The van der Waals surface area contributed by atoms with Crippen LogP contribution in [0.5, 0.6) is 5.75 Å². The van der Waals surface area contributed by atoms with Crippen molar-refractivity contribution in [2.24, 2.45) is 5.10 Å². The van der Waals surface area contributed by atoms with Gasteiger partial charge < -0.3 is 10.1 Å². The van der Waals surface area contributed by atoms with Gasteiger partial charge in [0.1, 0.15) is 5.75 Å². The zero-order valence-corrected chi connectivity index (χ0v) is 18.1. The van der Waals surface area contributed by atoms with E-state index >= 15 is 0 Å². The molecule has 0 spiro atoms. The molecule has 0 aliphatic heterocycles. The summed E-state index contributed by atoms with van der Waals surface area (Å²) >= 11 is 6.02. The molecule has 0 fully saturated rings. The number of esters is 1. The molecule has 0 aliphatic rings. The van der Waals surface area contributed by atoms with Crippen molar-refractivity contribution in [2.75, 3.05) is 5.32 Å². The van der Waals surface area contributed by atoms with Crippen LogP contribution in [-0.4, -0.2) is 24.0 Å². The number of hydrogen-bond donors (Lipinski definition) is 2. The minimum Gasteiger partial charge on any atom is -0.422 e. The van der Waals surface area contributed by atoms with Crippen molar-refractivity contribution >= 4 is 41.3 Å². The van der Waals surface area contributed by atoms with E-state index in [1.165, 1.54) is 6.21 Å². The van der Waals surface area contributed by atoms with E-state index in [2.05, 4.69) is 15.8 Å². The lowest BCUT2D eigenvalue weighted by Gasteiger charge is -2.09. The molecule has 0 unspecified atom stereocenters. The molecule has 0 saturated carbocycles. The molecule has 162 valence electrons. The summed E-state index contributed by atoms with van der Waals surface area (Å²) in [6.07, 6.45) is 1.29. The van der Waals surface area contributed by atoms with Crippen molar-refractivity contribution in [1.82, 2.24) is 5.43 Å². The summed E-state index contributed by atoms with van der Waals surface area (Å²) in [6.45, 7) is 3.64. The summed E-state index contributed by atoms with van der Waals surface area (Å²) in [6, 6.07) is 18.7. The minimum atomic E-state index is -0.965. The van der Waals surface area contributed by atoms with Crippen LogP contribution in [0.3, 0.4) is 0 Å². The molecule has 32 heavy (non-hydrogen) atoms. The largest absolute Gasteiger partial charge is 0.422 e. The van der Waals surface area contributed by atoms with E-state index in [9.17, 15) is 14.4 Å². The highest BCUT2D eigenvalue weighted by Crippen LogP contribution is 2.20. The molecule has 0 radical (unpaired) electrons. The first-order valence-electron chi connectivity index (χ1n) is 9.62. The van der Waals surface area contributed by atoms with Gasteiger partial charge in [-0.25, -0.2) is 10.2 Å². The number of halogens is 1. The number of nitrogens with one attached hydrogen (secondary N) is 2. The van der Waals surface area contributed by atoms with Crippen molar-refractivity contribution in [1.29, 1.82) is 0 Å². The lowest BCUT2D eigenvalue weighted by atomic mass is 10.1. The van der Waals surface area contributed by atoms with Crippen molar-refractivity contribution in [2.45, 2.75) is 13.8 Å². The number of benzene rings is 3. The number of amides is 2. The number of anilines is 1. The quantitative estimate of drug-likeness (QED) is 0.200. The molecule has 7 nitrogen and oxygen atoms in total. The predicted molar refractivity (Wildman–Crippen MR) is 123 cm³/mol. The average Bonchev–Trinajstić information content (AvgIpc) is 2.77. The second-order valence-corrected chi connectivity index (χ2v) is 7.27. The second-order valence-electron chi connectivity index (χ2n) is 6.86. The van der Waals surface area contributed by atoms with Gasteiger partial charge in [-0.2, -0.15) is 5.10 Å². The van der Waals surface area contributed by atoms with Crippen molar-refractivity contribution in [3.8, 4) is 5.75 Å². The first-order chi connectivity index (χ1) is 15.3. The van der Waals surface area contributed by atoms with Gasteiger partial charge in [0.25, 0.3) is 0 Å². The highest BCUT2D eigenvalue weighted by atomic mass is 35.5. The van der Waals surface area contributed by atoms with Gasteiger partial charge in [0, 0.05) is 16.3 Å². The van der Waals surface area contributed by atoms with Gasteiger partial charge >= 0.3 is 17.8 Å². The van der Waals surface area contributed by atoms with E-state index < -0.39 is 17.8 Å². The molecule has 3 rings (SSSR count). The summed E-state index contributed by atoms with van der Waals surface area (Å²) in [4.78, 5) is 36.5. The Morgan fingerprint density at radius 3 is 2.38 bits per heavy atom. The Kier molecular flexibility index (Phi) is 7.36. The second kappa shape index (κ2) is 10.4. The maximum atomic E-state index is 12.5. The SMILES string of the molecule is Cc1ccc(NC(=O)C(=O)NN=Cc2ccccc2OC(=O)c2ccccc2C)cc1Cl. The van der Waals surface area contributed by atoms with Gasteiger partial charge in [0.05, 0.1) is 11.8 Å². The van der Waals surface area contributed by atoms with Crippen LogP contribution in [0.1, 0.15) is 27.0 Å². The standard InChI is InChI=1S/C24H20ClN3O4/c1-15-7-3-5-9-19(15)24(31)32-21-10-6-4-8-17(21)14-26-28-23(30)22(29)27-18-12-11-16(2)20(25)13-18/h3-14H,1-2H3,(H,27,29)(H,28,30). The zero-order chi connectivity index (χ0) is 23.1. The summed E-state index contributed by atoms with van der Waals surface area (Å²) in [5.41, 5.74) is 5.06. The smallest absolute Gasteiger partial charge is 0.343 e. The fourth-order valence-corrected chi connectivity index (χ4v) is 2.89. The zero-order valence-electron chi connectivity index (χ0n) is 17.4. The fourth-order valence-electron chi connectivity index (χ4n) is 2.71. The number of carbonyl (C=O) groups is 3. The van der Waals surface area contributed by atoms with Gasteiger partial charge in [0.2, 0.25) is 0 Å². The highest BCUT2D eigenvalue weighted by Gasteiger charge is 2.15. The van der Waals surface area contributed by atoms with E-state index in [-0.39, 0.29) is 5.75 Å². The minimum absolute atomic E-state index is 0.262. The maximum absolute atomic E-state index is 12.5. The molecule has 8 heteroatoms. The van der Waals surface area contributed by atoms with Crippen molar-refractivity contribution < 1.29 is 19.1 Å². The van der Waals surface area contributed by atoms with Crippen molar-refractivity contribution in [3.05, 3.63) is 94.0 Å². The molecule has 0 atom stereocenters. The van der Waals surface area contributed by atoms with Crippen molar-refractivity contribution in [3.63, 3.8) is 0 Å². The lowest BCUT2D eigenvalue weighted by Crippen LogP contribution is -2.32. The molecule has 0 bridgehead atoms. The number of nitrogens with zero attached hydrogens (tertiary/aromatic N) is 1. The van der Waals surface area contributed by atoms with E-state index in [0.717, 1.165) is 11.1 Å². The molecule has 3 aromatic rings. The molecule has 3 aromatic carbocycles. The van der Waals surface area contributed by atoms with Gasteiger partial charge in [0.15, 0.2) is 0 Å². The van der Waals surface area contributed by atoms with Gasteiger partial charge in [-0.15, -0.1) is 0 Å². The summed E-state index contributed by atoms with van der Waals surface area (Å²) in [5, 5.41) is 6.70. The summed E-state index contributed by atoms with van der Waals surface area (Å²) < 4.78 is 5.48. The van der Waals surface area contributed by atoms with Crippen LogP contribution in [0.25, 0.3) is 0 Å². The van der Waals surface area contributed by atoms with Crippen LogP contribution < -0.4 is 15.5 Å².